The van der Waals surface area contributed by atoms with Gasteiger partial charge in [0.15, 0.2) is 0 Å². The molecule has 0 bridgehead atoms. The number of hydrogen-bond acceptors (Lipinski definition) is 4. The summed E-state index contributed by atoms with van der Waals surface area (Å²) in [5, 5.41) is 2.87. The van der Waals surface area contributed by atoms with Crippen LogP contribution < -0.4 is 4.90 Å². The number of nitroso groups, excluding NO2 is 1. The monoisotopic (exact) mass is 251 g/mol. The van der Waals surface area contributed by atoms with Crippen LogP contribution in [0.4, 0.5) is 5.82 Å². The molecule has 1 aromatic rings. The largest absolute Gasteiger partial charge is 0.357 e. The predicted octanol–water partition coefficient (Wildman–Crippen LogP) is 3.87. The molecule has 0 fully saturated rings. The molecule has 4 nitrogen and oxygen atoms in total. The fraction of sp³-hybridized carbons (Fsp3) is 0.643. The minimum absolute atomic E-state index is 0.419. The van der Waals surface area contributed by atoms with Crippen LogP contribution in [0.5, 0.6) is 0 Å². The molecule has 4 heteroatoms. The number of unbranched alkanes of at least 4 members (excludes halogenated alkanes) is 1. The van der Waals surface area contributed by atoms with Crippen LogP contribution >= 0.6 is 0 Å². The highest BCUT2D eigenvalue weighted by Gasteiger charge is 2.05. The van der Waals surface area contributed by atoms with Crippen LogP contribution in [0.3, 0.4) is 0 Å². The maximum Gasteiger partial charge on any atom is 0.128 e. The fourth-order valence-corrected chi connectivity index (χ4v) is 1.63. The zero-order valence-electron chi connectivity index (χ0n) is 11.8. The first-order valence-corrected chi connectivity index (χ1v) is 6.83. The second-order valence-corrected chi connectivity index (χ2v) is 3.73. The lowest BCUT2D eigenvalue weighted by Gasteiger charge is -2.22. The summed E-state index contributed by atoms with van der Waals surface area (Å²) in [6.07, 6.45) is 4.76. The van der Waals surface area contributed by atoms with Crippen molar-refractivity contribution in [2.75, 3.05) is 24.5 Å². The van der Waals surface area contributed by atoms with Crippen LogP contribution in [0.25, 0.3) is 0 Å². The van der Waals surface area contributed by atoms with Gasteiger partial charge in [0.1, 0.15) is 5.82 Å². The number of rotatable bonds is 8. The number of nitrogens with zero attached hydrogens (tertiary/aromatic N) is 3. The zero-order chi connectivity index (χ0) is 13.6. The van der Waals surface area contributed by atoms with Crippen molar-refractivity contribution in [3.8, 4) is 0 Å². The molecule has 0 saturated carbocycles. The van der Waals surface area contributed by atoms with Crippen LogP contribution in [-0.4, -0.2) is 24.6 Å². The Hall–Kier alpha value is -1.45. The molecule has 0 atom stereocenters. The molecule has 0 aliphatic heterocycles. The van der Waals surface area contributed by atoms with E-state index in [4.69, 9.17) is 0 Å². The van der Waals surface area contributed by atoms with Crippen molar-refractivity contribution in [2.45, 2.75) is 40.0 Å². The third kappa shape index (κ3) is 6.99. The second-order valence-electron chi connectivity index (χ2n) is 3.73. The number of anilines is 1. The first-order chi connectivity index (χ1) is 8.88. The van der Waals surface area contributed by atoms with Crippen molar-refractivity contribution in [1.29, 1.82) is 0 Å². The molecule has 0 radical (unpaired) electrons. The van der Waals surface area contributed by atoms with E-state index in [1.165, 1.54) is 0 Å². The molecule has 0 N–H and O–H groups in total. The Balaban J connectivity index is 0.00000137. The molecule has 1 heterocycles. The zero-order valence-corrected chi connectivity index (χ0v) is 11.8. The van der Waals surface area contributed by atoms with E-state index in [9.17, 15) is 4.91 Å². The molecular formula is C14H25N3O. The minimum atomic E-state index is 0.419. The molecule has 0 aliphatic rings. The van der Waals surface area contributed by atoms with Crippen LogP contribution in [0, 0.1) is 4.91 Å². The Labute approximate surface area is 110 Å². The second kappa shape index (κ2) is 12.0. The summed E-state index contributed by atoms with van der Waals surface area (Å²) >= 11 is 0. The molecule has 0 aromatic carbocycles. The Bertz CT molecular complexity index is 290. The van der Waals surface area contributed by atoms with Gasteiger partial charge >= 0.3 is 0 Å². The van der Waals surface area contributed by atoms with Crippen molar-refractivity contribution >= 4 is 5.82 Å². The summed E-state index contributed by atoms with van der Waals surface area (Å²) in [6.45, 7) is 8.52. The third-order valence-electron chi connectivity index (χ3n) is 2.39. The van der Waals surface area contributed by atoms with Crippen molar-refractivity contribution in [3.05, 3.63) is 29.3 Å². The first kappa shape index (κ1) is 16.6. The molecule has 0 saturated heterocycles. The van der Waals surface area contributed by atoms with Gasteiger partial charge in [-0.25, -0.2) is 4.98 Å². The molecular weight excluding hydrogens is 226 g/mol. The number of hydrogen-bond donors (Lipinski definition) is 0. The summed E-state index contributed by atoms with van der Waals surface area (Å²) < 4.78 is 0. The van der Waals surface area contributed by atoms with Gasteiger partial charge in [0.05, 0.1) is 6.54 Å². The first-order valence-electron chi connectivity index (χ1n) is 6.83. The van der Waals surface area contributed by atoms with Gasteiger partial charge in [0.2, 0.25) is 0 Å². The van der Waals surface area contributed by atoms with Crippen LogP contribution in [0.15, 0.2) is 29.6 Å². The topological polar surface area (TPSA) is 45.6 Å². The van der Waals surface area contributed by atoms with Gasteiger partial charge in [-0.1, -0.05) is 32.0 Å². The van der Waals surface area contributed by atoms with Crippen molar-refractivity contribution in [2.24, 2.45) is 5.18 Å². The summed E-state index contributed by atoms with van der Waals surface area (Å²) in [5.74, 6) is 1.02. The Kier molecular flexibility index (Phi) is 11.1. The molecule has 0 unspecified atom stereocenters. The van der Waals surface area contributed by atoms with Crippen LogP contribution in [0.2, 0.25) is 0 Å². The lowest BCUT2D eigenvalue weighted by Crippen LogP contribution is -2.26. The fourth-order valence-electron chi connectivity index (χ4n) is 1.63. The summed E-state index contributed by atoms with van der Waals surface area (Å²) in [4.78, 5) is 16.6. The van der Waals surface area contributed by atoms with E-state index in [1.807, 2.05) is 38.2 Å². The predicted molar refractivity (Wildman–Crippen MR) is 78.0 cm³/mol. The third-order valence-corrected chi connectivity index (χ3v) is 2.39. The van der Waals surface area contributed by atoms with Gasteiger partial charge in [-0.15, -0.1) is 0 Å². The van der Waals surface area contributed by atoms with Gasteiger partial charge < -0.3 is 4.90 Å². The van der Waals surface area contributed by atoms with Gasteiger partial charge in [0, 0.05) is 19.3 Å². The highest BCUT2D eigenvalue weighted by Crippen LogP contribution is 2.10. The standard InChI is InChI=1S/C12H19N3O.C2H6/c1-2-10-15(11-6-5-9-14-16)12-7-3-4-8-13-12;1-2/h3-4,7-8H,2,5-6,9-11H2,1H3;1-2H3. The molecule has 18 heavy (non-hydrogen) atoms. The van der Waals surface area contributed by atoms with Crippen molar-refractivity contribution in [1.82, 2.24) is 4.98 Å². The SMILES string of the molecule is CC.CCCN(CCCCN=O)c1ccccn1. The van der Waals surface area contributed by atoms with E-state index in [2.05, 4.69) is 22.0 Å². The average molecular weight is 251 g/mol. The van der Waals surface area contributed by atoms with E-state index in [0.29, 0.717) is 6.54 Å². The van der Waals surface area contributed by atoms with Crippen LogP contribution in [-0.2, 0) is 0 Å². The molecule has 0 aliphatic carbocycles. The van der Waals surface area contributed by atoms with Crippen LogP contribution in [0.1, 0.15) is 40.0 Å². The molecule has 102 valence electrons. The Morgan fingerprint density at radius 1 is 1.22 bits per heavy atom. The number of pyridine rings is 1. The lowest BCUT2D eigenvalue weighted by molar-refractivity contribution is 0.677. The van der Waals surface area contributed by atoms with Gasteiger partial charge in [-0.2, -0.15) is 4.91 Å². The normalized spacial score (nSPS) is 9.28. The smallest absolute Gasteiger partial charge is 0.128 e. The minimum Gasteiger partial charge on any atom is -0.357 e. The summed E-state index contributed by atoms with van der Waals surface area (Å²) in [7, 11) is 0. The lowest BCUT2D eigenvalue weighted by atomic mass is 10.2. The van der Waals surface area contributed by atoms with E-state index in [0.717, 1.165) is 38.2 Å². The molecule has 0 amide bonds. The summed E-state index contributed by atoms with van der Waals surface area (Å²) in [6, 6.07) is 5.94. The van der Waals surface area contributed by atoms with Gasteiger partial charge in [-0.05, 0) is 31.4 Å². The van der Waals surface area contributed by atoms with Gasteiger partial charge in [0.25, 0.3) is 0 Å². The van der Waals surface area contributed by atoms with E-state index in [-0.39, 0.29) is 0 Å². The highest BCUT2D eigenvalue weighted by atomic mass is 16.3. The van der Waals surface area contributed by atoms with E-state index in [1.54, 1.807) is 0 Å². The molecule has 1 aromatic heterocycles. The van der Waals surface area contributed by atoms with Crippen molar-refractivity contribution in [3.63, 3.8) is 0 Å². The van der Waals surface area contributed by atoms with Crippen molar-refractivity contribution < 1.29 is 0 Å². The highest BCUT2D eigenvalue weighted by molar-refractivity contribution is 5.37. The van der Waals surface area contributed by atoms with Gasteiger partial charge in [-0.3, -0.25) is 0 Å². The molecule has 0 spiro atoms. The quantitative estimate of drug-likeness (QED) is 0.520. The Morgan fingerprint density at radius 3 is 2.56 bits per heavy atom. The number of aromatic nitrogens is 1. The maximum absolute atomic E-state index is 9.97. The van der Waals surface area contributed by atoms with E-state index >= 15 is 0 Å². The van der Waals surface area contributed by atoms with E-state index < -0.39 is 0 Å². The maximum atomic E-state index is 9.97. The Morgan fingerprint density at radius 2 is 2.00 bits per heavy atom. The summed E-state index contributed by atoms with van der Waals surface area (Å²) in [5.41, 5.74) is 0. The molecule has 1 rings (SSSR count). The average Bonchev–Trinajstić information content (AvgIpc) is 2.45.